The summed E-state index contributed by atoms with van der Waals surface area (Å²) in [5, 5.41) is 21.3. The summed E-state index contributed by atoms with van der Waals surface area (Å²) in [4.78, 5) is 12.3. The number of nitrogens with zero attached hydrogens (tertiary/aromatic N) is 4. The Labute approximate surface area is 164 Å². The molecule has 3 rings (SSSR count). The van der Waals surface area contributed by atoms with Gasteiger partial charge in [-0.05, 0) is 18.1 Å². The Morgan fingerprint density at radius 1 is 1.30 bits per heavy atom. The van der Waals surface area contributed by atoms with Crippen LogP contribution in [0.1, 0.15) is 27.0 Å². The molecule has 9 nitrogen and oxygen atoms in total. The quantitative estimate of drug-likeness (QED) is 0.437. The highest BCUT2D eigenvalue weighted by Gasteiger charge is 2.46. The van der Waals surface area contributed by atoms with Crippen LogP contribution in [0, 0.1) is 0 Å². The molecule has 4 atom stereocenters. The van der Waals surface area contributed by atoms with Gasteiger partial charge in [0.25, 0.3) is 0 Å². The van der Waals surface area contributed by atoms with Crippen LogP contribution in [0.15, 0.2) is 11.5 Å². The first kappa shape index (κ1) is 20.5. The van der Waals surface area contributed by atoms with E-state index >= 15 is 0 Å². The maximum absolute atomic E-state index is 10.6. The van der Waals surface area contributed by atoms with Gasteiger partial charge in [-0.15, -0.1) is 12.6 Å². The number of hydrogen-bond acceptors (Lipinski definition) is 9. The van der Waals surface area contributed by atoms with E-state index in [-0.39, 0.29) is 22.6 Å². The van der Waals surface area contributed by atoms with E-state index in [4.69, 9.17) is 14.9 Å². The van der Waals surface area contributed by atoms with Crippen molar-refractivity contribution in [1.29, 1.82) is 0 Å². The maximum atomic E-state index is 10.6. The minimum absolute atomic E-state index is 0.0296. The molecule has 11 heteroatoms. The molecule has 0 unspecified atom stereocenters. The average Bonchev–Trinajstić information content (AvgIpc) is 3.03. The van der Waals surface area contributed by atoms with Crippen molar-refractivity contribution >= 4 is 37.9 Å². The lowest BCUT2D eigenvalue weighted by molar-refractivity contribution is -0.0529. The second-order valence-electron chi connectivity index (χ2n) is 8.33. The molecule has 0 radical (unpaired) electrons. The van der Waals surface area contributed by atoms with E-state index in [1.165, 1.54) is 10.9 Å². The molecule has 3 heterocycles. The molecule has 0 amide bonds. The van der Waals surface area contributed by atoms with E-state index in [1.807, 2.05) is 0 Å². The maximum Gasteiger partial charge on any atom is 0.192 e. The van der Waals surface area contributed by atoms with E-state index in [0.29, 0.717) is 11.2 Å². The van der Waals surface area contributed by atoms with Gasteiger partial charge in [-0.2, -0.15) is 0 Å². The number of fused-ring (bicyclic) bond motifs is 1. The zero-order chi connectivity index (χ0) is 20.1. The molecule has 0 spiro atoms. The Balaban J connectivity index is 1.84. The van der Waals surface area contributed by atoms with Crippen LogP contribution in [-0.4, -0.2) is 63.0 Å². The molecule has 1 saturated heterocycles. The van der Waals surface area contributed by atoms with Crippen molar-refractivity contribution in [2.75, 3.05) is 12.3 Å². The van der Waals surface area contributed by atoms with Gasteiger partial charge in [-0.1, -0.05) is 20.8 Å². The summed E-state index contributed by atoms with van der Waals surface area (Å²) in [7, 11) is -2.02. The van der Waals surface area contributed by atoms with Crippen LogP contribution in [0.5, 0.6) is 0 Å². The summed E-state index contributed by atoms with van der Waals surface area (Å²) in [5.74, 6) is 0.208. The summed E-state index contributed by atoms with van der Waals surface area (Å²) in [6.45, 7) is 10.8. The Morgan fingerprint density at radius 2 is 1.96 bits per heavy atom. The van der Waals surface area contributed by atoms with Gasteiger partial charge >= 0.3 is 0 Å². The Kier molecular flexibility index (Phi) is 5.29. The van der Waals surface area contributed by atoms with Gasteiger partial charge < -0.3 is 25.1 Å². The highest BCUT2D eigenvalue weighted by atomic mass is 32.1. The molecular weight excluding hydrogens is 386 g/mol. The highest BCUT2D eigenvalue weighted by molar-refractivity contribution is 7.80. The monoisotopic (exact) mass is 413 g/mol. The lowest BCUT2D eigenvalue weighted by Gasteiger charge is -2.37. The molecular formula is C16H27N5O4SSi. The summed E-state index contributed by atoms with van der Waals surface area (Å²) in [6, 6.07) is 0. The molecule has 2 aromatic heterocycles. The molecule has 1 aliphatic heterocycles. The van der Waals surface area contributed by atoms with Gasteiger partial charge in [0.1, 0.15) is 24.6 Å². The van der Waals surface area contributed by atoms with Gasteiger partial charge in [0.15, 0.2) is 36.7 Å². The lowest BCUT2D eigenvalue weighted by atomic mass is 10.1. The SMILES string of the molecule is CC(C)(C)[Si](C)(C)OC[C@H]1O[C@@H](n2c(S)nc3c(N)ncnc32)[C@H](O)[C@@H]1O. The Bertz CT molecular complexity index is 840. The molecule has 1 fully saturated rings. The smallest absolute Gasteiger partial charge is 0.192 e. The second-order valence-corrected chi connectivity index (χ2v) is 13.5. The first-order chi connectivity index (χ1) is 12.4. The molecule has 1 aliphatic rings. The van der Waals surface area contributed by atoms with E-state index in [9.17, 15) is 10.2 Å². The van der Waals surface area contributed by atoms with Crippen LogP contribution in [0.4, 0.5) is 5.82 Å². The molecule has 4 N–H and O–H groups in total. The number of aliphatic hydroxyl groups excluding tert-OH is 2. The number of anilines is 1. The predicted octanol–water partition coefficient (Wildman–Crippen LogP) is 1.34. The number of ether oxygens (including phenoxy) is 1. The van der Waals surface area contributed by atoms with Crippen molar-refractivity contribution in [3.63, 3.8) is 0 Å². The molecule has 0 saturated carbocycles. The Morgan fingerprint density at radius 3 is 2.59 bits per heavy atom. The van der Waals surface area contributed by atoms with Crippen LogP contribution >= 0.6 is 12.6 Å². The summed E-state index contributed by atoms with van der Waals surface area (Å²) >= 11 is 4.35. The van der Waals surface area contributed by atoms with Crippen LogP contribution in [0.25, 0.3) is 11.2 Å². The number of imidazole rings is 1. The van der Waals surface area contributed by atoms with Crippen molar-refractivity contribution in [3.8, 4) is 0 Å². The lowest BCUT2D eigenvalue weighted by Crippen LogP contribution is -2.44. The average molecular weight is 414 g/mol. The summed E-state index contributed by atoms with van der Waals surface area (Å²) < 4.78 is 13.6. The van der Waals surface area contributed by atoms with Crippen molar-refractivity contribution in [1.82, 2.24) is 19.5 Å². The van der Waals surface area contributed by atoms with E-state index in [2.05, 4.69) is 61.4 Å². The number of thiol groups is 1. The van der Waals surface area contributed by atoms with Crippen LogP contribution < -0.4 is 5.73 Å². The van der Waals surface area contributed by atoms with E-state index < -0.39 is 32.9 Å². The van der Waals surface area contributed by atoms with Crippen LogP contribution in [-0.2, 0) is 9.16 Å². The number of nitrogen functional groups attached to an aromatic ring is 1. The predicted molar refractivity (Wildman–Crippen MR) is 106 cm³/mol. The summed E-state index contributed by atoms with van der Waals surface area (Å²) in [5.41, 5.74) is 6.59. The van der Waals surface area contributed by atoms with Crippen molar-refractivity contribution < 1.29 is 19.4 Å². The van der Waals surface area contributed by atoms with E-state index in [0.717, 1.165) is 0 Å². The van der Waals surface area contributed by atoms with Crippen LogP contribution in [0.2, 0.25) is 18.1 Å². The van der Waals surface area contributed by atoms with Gasteiger partial charge in [0, 0.05) is 0 Å². The minimum Gasteiger partial charge on any atom is -0.414 e. The molecule has 27 heavy (non-hydrogen) atoms. The van der Waals surface area contributed by atoms with Crippen molar-refractivity contribution in [2.24, 2.45) is 0 Å². The third-order valence-electron chi connectivity index (χ3n) is 5.49. The fraction of sp³-hybridized carbons (Fsp3) is 0.688. The molecule has 0 aliphatic carbocycles. The third-order valence-corrected chi connectivity index (χ3v) is 10.3. The number of aromatic nitrogens is 4. The zero-order valence-electron chi connectivity index (χ0n) is 16.1. The molecule has 0 bridgehead atoms. The van der Waals surface area contributed by atoms with Crippen LogP contribution in [0.3, 0.4) is 0 Å². The number of nitrogens with two attached hydrogens (primary N) is 1. The largest absolute Gasteiger partial charge is 0.414 e. The number of rotatable bonds is 4. The number of aliphatic hydroxyl groups is 2. The van der Waals surface area contributed by atoms with E-state index in [1.54, 1.807) is 0 Å². The molecule has 150 valence electrons. The standard InChI is InChI=1S/C16H27N5O4SSi/c1-16(2,3)27(4,5)24-6-8-10(22)11(23)14(25-8)21-13-9(20-15(21)26)12(17)18-7-19-13/h7-8,10-11,14,22-23H,6H2,1-5H3,(H,20,26)(H2,17,18,19)/t8-,10-,11-,14-/m1/s1. The zero-order valence-corrected chi connectivity index (χ0v) is 18.0. The first-order valence-corrected chi connectivity index (χ1v) is 12.1. The van der Waals surface area contributed by atoms with Crippen molar-refractivity contribution in [2.45, 2.75) is 68.6 Å². The van der Waals surface area contributed by atoms with Gasteiger partial charge in [-0.3, -0.25) is 4.57 Å². The molecule has 0 aromatic carbocycles. The van der Waals surface area contributed by atoms with Gasteiger partial charge in [0.05, 0.1) is 6.61 Å². The van der Waals surface area contributed by atoms with Gasteiger partial charge in [-0.25, -0.2) is 15.0 Å². The van der Waals surface area contributed by atoms with Gasteiger partial charge in [0.2, 0.25) is 0 Å². The highest BCUT2D eigenvalue weighted by Crippen LogP contribution is 2.38. The first-order valence-electron chi connectivity index (χ1n) is 8.77. The second kappa shape index (κ2) is 6.98. The third kappa shape index (κ3) is 3.59. The molecule has 2 aromatic rings. The Hall–Kier alpha value is -1.24. The van der Waals surface area contributed by atoms with Crippen molar-refractivity contribution in [3.05, 3.63) is 6.33 Å². The normalized spacial score (nSPS) is 26.8. The fourth-order valence-corrected chi connectivity index (χ4v) is 4.06. The summed E-state index contributed by atoms with van der Waals surface area (Å²) in [6.07, 6.45) is -2.57. The minimum atomic E-state index is -2.02. The number of hydrogen-bond donors (Lipinski definition) is 4. The fourth-order valence-electron chi connectivity index (χ4n) is 2.74. The topological polar surface area (TPSA) is 129 Å².